The zero-order valence-corrected chi connectivity index (χ0v) is 16.1. The molecule has 0 aliphatic rings. The van der Waals surface area contributed by atoms with Gasteiger partial charge in [0.1, 0.15) is 5.82 Å². The van der Waals surface area contributed by atoms with Gasteiger partial charge in [-0.1, -0.05) is 24.3 Å². The summed E-state index contributed by atoms with van der Waals surface area (Å²) in [6.45, 7) is 3.35. The topological polar surface area (TPSA) is 63.6 Å². The van der Waals surface area contributed by atoms with E-state index in [4.69, 9.17) is 4.74 Å². The van der Waals surface area contributed by atoms with Gasteiger partial charge in [0.2, 0.25) is 0 Å². The molecule has 2 aromatic rings. The Morgan fingerprint density at radius 3 is 2.19 bits per heavy atom. The summed E-state index contributed by atoms with van der Waals surface area (Å²) < 4.78 is 42.7. The smallest absolute Gasteiger partial charge is 0.175 e. The summed E-state index contributed by atoms with van der Waals surface area (Å²) in [5.41, 5.74) is 1.62. The number of aliphatic hydroxyl groups is 1. The van der Waals surface area contributed by atoms with Crippen LogP contribution in [0.2, 0.25) is 0 Å². The van der Waals surface area contributed by atoms with Crippen LogP contribution < -0.4 is 0 Å². The minimum atomic E-state index is -3.32. The van der Waals surface area contributed by atoms with Crippen LogP contribution >= 0.6 is 0 Å². The van der Waals surface area contributed by atoms with Crippen LogP contribution in [0.25, 0.3) is 11.1 Å². The van der Waals surface area contributed by atoms with Crippen molar-refractivity contribution in [3.05, 3.63) is 65.5 Å². The van der Waals surface area contributed by atoms with E-state index in [0.29, 0.717) is 22.3 Å². The van der Waals surface area contributed by atoms with E-state index in [-0.39, 0.29) is 11.5 Å². The number of rotatable bonds is 6. The fraction of sp³-hybridized carbons (Fsp3) is 0.300. The Labute approximate surface area is 153 Å². The molecule has 0 aromatic heterocycles. The quantitative estimate of drug-likeness (QED) is 0.781. The predicted octanol–water partition coefficient (Wildman–Crippen LogP) is 3.56. The Morgan fingerprint density at radius 1 is 1.12 bits per heavy atom. The minimum Gasteiger partial charge on any atom is -0.392 e. The largest absolute Gasteiger partial charge is 0.392 e. The highest BCUT2D eigenvalue weighted by atomic mass is 32.2. The van der Waals surface area contributed by atoms with E-state index < -0.39 is 21.3 Å². The van der Waals surface area contributed by atoms with Crippen LogP contribution in [-0.2, 0) is 14.6 Å². The van der Waals surface area contributed by atoms with E-state index in [2.05, 4.69) is 0 Å². The number of benzene rings is 2. The number of hydrogen-bond acceptors (Lipinski definition) is 4. The van der Waals surface area contributed by atoms with E-state index in [1.54, 1.807) is 31.4 Å². The van der Waals surface area contributed by atoms with E-state index in [9.17, 15) is 17.9 Å². The van der Waals surface area contributed by atoms with Crippen molar-refractivity contribution in [3.8, 4) is 0 Å². The highest BCUT2D eigenvalue weighted by Crippen LogP contribution is 2.37. The second-order valence-electron chi connectivity index (χ2n) is 6.53. The molecule has 0 unspecified atom stereocenters. The Hall–Kier alpha value is -2.02. The lowest BCUT2D eigenvalue weighted by molar-refractivity contribution is 0.0745. The van der Waals surface area contributed by atoms with Crippen LogP contribution in [0.15, 0.2) is 53.4 Å². The Bertz CT molecular complexity index is 913. The molecule has 4 nitrogen and oxygen atoms in total. The first-order valence-corrected chi connectivity index (χ1v) is 9.95. The van der Waals surface area contributed by atoms with Gasteiger partial charge in [0, 0.05) is 13.4 Å². The average Bonchev–Trinajstić information content (AvgIpc) is 2.58. The van der Waals surface area contributed by atoms with Crippen molar-refractivity contribution in [1.29, 1.82) is 0 Å². The van der Waals surface area contributed by atoms with Gasteiger partial charge in [-0.25, -0.2) is 12.8 Å². The van der Waals surface area contributed by atoms with Crippen LogP contribution in [0.4, 0.5) is 4.39 Å². The second kappa shape index (κ2) is 7.70. The molecule has 0 atom stereocenters. The van der Waals surface area contributed by atoms with E-state index in [1.165, 1.54) is 24.3 Å². The molecule has 1 N–H and O–H groups in total. The summed E-state index contributed by atoms with van der Waals surface area (Å²) >= 11 is 0. The highest BCUT2D eigenvalue weighted by molar-refractivity contribution is 7.90. The highest BCUT2D eigenvalue weighted by Gasteiger charge is 2.28. The molecule has 0 radical (unpaired) electrons. The fourth-order valence-corrected chi connectivity index (χ4v) is 3.48. The lowest BCUT2D eigenvalue weighted by Gasteiger charge is -2.30. The molecule has 0 aliphatic heterocycles. The molecule has 6 heteroatoms. The third kappa shape index (κ3) is 4.38. The predicted molar refractivity (Wildman–Crippen MR) is 101 cm³/mol. The molecule has 0 aliphatic carbocycles. The van der Waals surface area contributed by atoms with Crippen LogP contribution in [0.3, 0.4) is 0 Å². The monoisotopic (exact) mass is 378 g/mol. The van der Waals surface area contributed by atoms with E-state index in [0.717, 1.165) is 6.26 Å². The van der Waals surface area contributed by atoms with Gasteiger partial charge in [-0.15, -0.1) is 0 Å². The number of ether oxygens (including phenoxy) is 1. The van der Waals surface area contributed by atoms with E-state index >= 15 is 0 Å². The summed E-state index contributed by atoms with van der Waals surface area (Å²) in [5, 5.41) is 10.0. The van der Waals surface area contributed by atoms with E-state index in [1.807, 2.05) is 13.8 Å². The maximum absolute atomic E-state index is 13.7. The van der Waals surface area contributed by atoms with Crippen LogP contribution in [0, 0.1) is 5.82 Å². The lowest BCUT2D eigenvalue weighted by Crippen LogP contribution is -2.26. The van der Waals surface area contributed by atoms with Crippen LogP contribution in [-0.4, -0.2) is 39.1 Å². The first-order valence-electron chi connectivity index (χ1n) is 8.06. The maximum Gasteiger partial charge on any atom is 0.175 e. The number of aliphatic hydroxyl groups excluding tert-OH is 1. The standard InChI is InChI=1S/C20H23FO4S/c1-20(2,25-3)19(14-8-10-17(11-9-14)26(4,23)24)18(13-22)15-6-5-7-16(21)12-15/h5-12,22H,13H2,1-4H3. The van der Waals surface area contributed by atoms with Crippen LogP contribution in [0.5, 0.6) is 0 Å². The summed E-state index contributed by atoms with van der Waals surface area (Å²) in [4.78, 5) is 0.201. The molecular weight excluding hydrogens is 355 g/mol. The Kier molecular flexibility index (Phi) is 6.01. The Balaban J connectivity index is 2.74. The van der Waals surface area contributed by atoms with Gasteiger partial charge >= 0.3 is 0 Å². The molecule has 140 valence electrons. The van der Waals surface area contributed by atoms with Gasteiger partial charge in [-0.05, 0) is 60.4 Å². The number of halogens is 1. The normalized spacial score (nSPS) is 13.5. The van der Waals surface area contributed by atoms with Crippen LogP contribution in [0.1, 0.15) is 25.0 Å². The van der Waals surface area contributed by atoms with Crippen molar-refractivity contribution in [1.82, 2.24) is 0 Å². The third-order valence-electron chi connectivity index (χ3n) is 4.32. The number of methoxy groups -OCH3 is 1. The molecule has 2 aromatic carbocycles. The number of sulfone groups is 1. The van der Waals surface area contributed by atoms with Gasteiger partial charge in [0.25, 0.3) is 0 Å². The van der Waals surface area contributed by atoms with Crippen molar-refractivity contribution >= 4 is 21.0 Å². The third-order valence-corrected chi connectivity index (χ3v) is 5.44. The molecule has 2 rings (SSSR count). The minimum absolute atomic E-state index is 0.201. The zero-order chi connectivity index (χ0) is 19.5. The van der Waals surface area contributed by atoms with Crippen molar-refractivity contribution in [2.24, 2.45) is 0 Å². The van der Waals surface area contributed by atoms with Crippen molar-refractivity contribution in [3.63, 3.8) is 0 Å². The zero-order valence-electron chi connectivity index (χ0n) is 15.3. The number of hydrogen-bond donors (Lipinski definition) is 1. The molecule has 0 fully saturated rings. The second-order valence-corrected chi connectivity index (χ2v) is 8.55. The van der Waals surface area contributed by atoms with Gasteiger partial charge in [0.15, 0.2) is 9.84 Å². The molecule has 0 bridgehead atoms. The van der Waals surface area contributed by atoms with Crippen molar-refractivity contribution in [2.75, 3.05) is 20.0 Å². The SMILES string of the molecule is COC(C)(C)C(=C(CO)c1cccc(F)c1)c1ccc(S(C)(=O)=O)cc1. The molecular formula is C20H23FO4S. The van der Waals surface area contributed by atoms with Crippen molar-refractivity contribution in [2.45, 2.75) is 24.3 Å². The summed E-state index contributed by atoms with van der Waals surface area (Å²) in [5.74, 6) is -0.407. The molecule has 0 saturated heterocycles. The van der Waals surface area contributed by atoms with Gasteiger partial charge in [-0.2, -0.15) is 0 Å². The molecule has 0 spiro atoms. The molecule has 26 heavy (non-hydrogen) atoms. The average molecular weight is 378 g/mol. The maximum atomic E-state index is 13.7. The Morgan fingerprint density at radius 2 is 1.73 bits per heavy atom. The fourth-order valence-electron chi connectivity index (χ4n) is 2.85. The molecule has 0 saturated carbocycles. The first-order chi connectivity index (χ1) is 12.1. The van der Waals surface area contributed by atoms with Crippen molar-refractivity contribution < 1.29 is 22.7 Å². The summed E-state index contributed by atoms with van der Waals surface area (Å²) in [6.07, 6.45) is 1.14. The molecule has 0 amide bonds. The van der Waals surface area contributed by atoms with Gasteiger partial charge in [-0.3, -0.25) is 0 Å². The molecule has 0 heterocycles. The first kappa shape index (κ1) is 20.3. The lowest BCUT2D eigenvalue weighted by atomic mass is 9.84. The van der Waals surface area contributed by atoms with Gasteiger partial charge in [0.05, 0.1) is 17.1 Å². The summed E-state index contributed by atoms with van der Waals surface area (Å²) in [6, 6.07) is 12.3. The summed E-state index contributed by atoms with van der Waals surface area (Å²) in [7, 11) is -1.77. The van der Waals surface area contributed by atoms with Gasteiger partial charge < -0.3 is 9.84 Å².